The Labute approximate surface area is 99.2 Å². The molecule has 0 saturated heterocycles. The number of fused-ring (bicyclic) bond motifs is 1. The summed E-state index contributed by atoms with van der Waals surface area (Å²) in [6.45, 7) is 2.84. The van der Waals surface area contributed by atoms with Crippen LogP contribution in [0.2, 0.25) is 0 Å². The fourth-order valence-electron chi connectivity index (χ4n) is 1.93. The van der Waals surface area contributed by atoms with Crippen molar-refractivity contribution < 1.29 is 14.6 Å². The van der Waals surface area contributed by atoms with Crippen LogP contribution in [0.4, 0.5) is 5.82 Å². The number of ether oxygens (including phenoxy) is 1. The van der Waals surface area contributed by atoms with Crippen LogP contribution in [0.25, 0.3) is 0 Å². The molecule has 0 fully saturated rings. The highest BCUT2D eigenvalue weighted by Crippen LogP contribution is 2.24. The molecular formula is C11H15N3O3. The summed E-state index contributed by atoms with van der Waals surface area (Å²) < 4.78 is 5.38. The van der Waals surface area contributed by atoms with E-state index >= 15 is 0 Å². The fourth-order valence-corrected chi connectivity index (χ4v) is 1.93. The Balaban J connectivity index is 2.38. The van der Waals surface area contributed by atoms with E-state index in [0.29, 0.717) is 24.9 Å². The molecule has 17 heavy (non-hydrogen) atoms. The Bertz CT molecular complexity index is 448. The van der Waals surface area contributed by atoms with Crippen molar-refractivity contribution in [2.24, 2.45) is 0 Å². The number of aryl methyl sites for hydroxylation is 1. The van der Waals surface area contributed by atoms with E-state index in [4.69, 9.17) is 9.84 Å². The molecule has 1 N–H and O–H groups in total. The number of aliphatic carboxylic acids is 1. The maximum atomic E-state index is 10.7. The molecule has 1 aromatic rings. The van der Waals surface area contributed by atoms with Gasteiger partial charge in [0.2, 0.25) is 0 Å². The standard InChI is InChI=1S/C11H15N3O3/c1-7-12-9-3-4-17-6-8(9)11(13-7)14(2)5-10(15)16/h3-6H2,1-2H3,(H,15,16). The van der Waals surface area contributed by atoms with Gasteiger partial charge in [0, 0.05) is 19.0 Å². The molecule has 0 aromatic carbocycles. The average Bonchev–Trinajstić information content (AvgIpc) is 2.26. The summed E-state index contributed by atoms with van der Waals surface area (Å²) in [6.07, 6.45) is 0.757. The molecule has 6 nitrogen and oxygen atoms in total. The molecule has 0 amide bonds. The van der Waals surface area contributed by atoms with Crippen LogP contribution in [0, 0.1) is 6.92 Å². The fraction of sp³-hybridized carbons (Fsp3) is 0.545. The van der Waals surface area contributed by atoms with Gasteiger partial charge < -0.3 is 14.7 Å². The van der Waals surface area contributed by atoms with Crippen LogP contribution in [-0.2, 0) is 22.6 Å². The van der Waals surface area contributed by atoms with Gasteiger partial charge in [0.25, 0.3) is 0 Å². The Morgan fingerprint density at radius 1 is 1.53 bits per heavy atom. The number of aromatic nitrogens is 2. The molecule has 0 saturated carbocycles. The van der Waals surface area contributed by atoms with Crippen molar-refractivity contribution in [3.8, 4) is 0 Å². The van der Waals surface area contributed by atoms with E-state index in [2.05, 4.69) is 9.97 Å². The van der Waals surface area contributed by atoms with Gasteiger partial charge >= 0.3 is 5.97 Å². The lowest BCUT2D eigenvalue weighted by Gasteiger charge is -2.24. The summed E-state index contributed by atoms with van der Waals surface area (Å²) in [4.78, 5) is 21.0. The van der Waals surface area contributed by atoms with Gasteiger partial charge in [0.1, 0.15) is 18.2 Å². The highest BCUT2D eigenvalue weighted by Gasteiger charge is 2.20. The number of carbonyl (C=O) groups is 1. The molecule has 0 spiro atoms. The zero-order valence-electron chi connectivity index (χ0n) is 9.93. The molecule has 1 aliphatic rings. The average molecular weight is 237 g/mol. The lowest BCUT2D eigenvalue weighted by molar-refractivity contribution is -0.135. The number of rotatable bonds is 3. The normalized spacial score (nSPS) is 14.2. The molecule has 1 aromatic heterocycles. The third kappa shape index (κ3) is 2.52. The Morgan fingerprint density at radius 3 is 3.00 bits per heavy atom. The van der Waals surface area contributed by atoms with E-state index in [9.17, 15) is 4.79 Å². The van der Waals surface area contributed by atoms with Crippen molar-refractivity contribution in [2.45, 2.75) is 20.0 Å². The lowest BCUT2D eigenvalue weighted by atomic mass is 10.1. The van der Waals surface area contributed by atoms with Gasteiger partial charge in [-0.2, -0.15) is 0 Å². The van der Waals surface area contributed by atoms with Crippen LogP contribution in [0.15, 0.2) is 0 Å². The summed E-state index contributed by atoms with van der Waals surface area (Å²) in [5.74, 6) is 0.446. The molecule has 0 bridgehead atoms. The number of hydrogen-bond donors (Lipinski definition) is 1. The van der Waals surface area contributed by atoms with Gasteiger partial charge in [-0.3, -0.25) is 4.79 Å². The van der Waals surface area contributed by atoms with E-state index in [-0.39, 0.29) is 6.54 Å². The number of anilines is 1. The lowest BCUT2D eigenvalue weighted by Crippen LogP contribution is -2.29. The summed E-state index contributed by atoms with van der Waals surface area (Å²) in [5, 5.41) is 8.80. The van der Waals surface area contributed by atoms with Gasteiger partial charge in [0.15, 0.2) is 0 Å². The summed E-state index contributed by atoms with van der Waals surface area (Å²) in [6, 6.07) is 0. The number of nitrogens with zero attached hydrogens (tertiary/aromatic N) is 3. The van der Waals surface area contributed by atoms with E-state index in [1.165, 1.54) is 0 Å². The molecule has 1 aliphatic heterocycles. The van der Waals surface area contributed by atoms with Gasteiger partial charge in [-0.1, -0.05) is 0 Å². The monoisotopic (exact) mass is 237 g/mol. The minimum Gasteiger partial charge on any atom is -0.480 e. The van der Waals surface area contributed by atoms with Gasteiger partial charge in [0.05, 0.1) is 18.9 Å². The first kappa shape index (κ1) is 11.8. The second-order valence-corrected chi connectivity index (χ2v) is 4.07. The van der Waals surface area contributed by atoms with Crippen molar-refractivity contribution in [2.75, 3.05) is 25.1 Å². The van der Waals surface area contributed by atoms with Crippen molar-refractivity contribution in [1.29, 1.82) is 0 Å². The van der Waals surface area contributed by atoms with E-state index in [1.807, 2.05) is 6.92 Å². The van der Waals surface area contributed by atoms with Crippen LogP contribution in [0.3, 0.4) is 0 Å². The van der Waals surface area contributed by atoms with Crippen LogP contribution < -0.4 is 4.90 Å². The van der Waals surface area contributed by atoms with Crippen molar-refractivity contribution >= 4 is 11.8 Å². The smallest absolute Gasteiger partial charge is 0.323 e. The second kappa shape index (κ2) is 4.67. The quantitative estimate of drug-likeness (QED) is 0.819. The Morgan fingerprint density at radius 2 is 2.29 bits per heavy atom. The van der Waals surface area contributed by atoms with E-state index in [1.54, 1.807) is 11.9 Å². The number of carboxylic acids is 1. The maximum absolute atomic E-state index is 10.7. The van der Waals surface area contributed by atoms with Crippen molar-refractivity contribution in [3.05, 3.63) is 17.1 Å². The van der Waals surface area contributed by atoms with Crippen LogP contribution in [0.5, 0.6) is 0 Å². The molecule has 0 radical (unpaired) electrons. The van der Waals surface area contributed by atoms with Crippen LogP contribution in [-0.4, -0.2) is 41.2 Å². The zero-order valence-corrected chi connectivity index (χ0v) is 9.93. The Kier molecular flexibility index (Phi) is 3.23. The van der Waals surface area contributed by atoms with Crippen molar-refractivity contribution in [3.63, 3.8) is 0 Å². The summed E-state index contributed by atoms with van der Waals surface area (Å²) >= 11 is 0. The highest BCUT2D eigenvalue weighted by molar-refractivity contribution is 5.73. The SMILES string of the molecule is Cc1nc2c(c(N(C)CC(=O)O)n1)COCC2. The molecule has 2 heterocycles. The first-order valence-electron chi connectivity index (χ1n) is 5.45. The third-order valence-corrected chi connectivity index (χ3v) is 2.65. The van der Waals surface area contributed by atoms with Crippen LogP contribution in [0.1, 0.15) is 17.1 Å². The predicted octanol–water partition coefficient (Wildman–Crippen LogP) is 0.379. The van der Waals surface area contributed by atoms with E-state index < -0.39 is 5.97 Å². The molecule has 6 heteroatoms. The number of likely N-dealkylation sites (N-methyl/N-ethyl adjacent to an activating group) is 1. The van der Waals surface area contributed by atoms with Gasteiger partial charge in [-0.15, -0.1) is 0 Å². The van der Waals surface area contributed by atoms with Gasteiger partial charge in [-0.25, -0.2) is 9.97 Å². The minimum absolute atomic E-state index is 0.0805. The van der Waals surface area contributed by atoms with Crippen molar-refractivity contribution in [1.82, 2.24) is 9.97 Å². The molecule has 2 rings (SSSR count). The zero-order chi connectivity index (χ0) is 12.4. The first-order valence-corrected chi connectivity index (χ1v) is 5.45. The summed E-state index contributed by atoms with van der Waals surface area (Å²) in [7, 11) is 1.71. The predicted molar refractivity (Wildman–Crippen MR) is 61.0 cm³/mol. The molecule has 92 valence electrons. The summed E-state index contributed by atoms with van der Waals surface area (Å²) in [5.41, 5.74) is 1.88. The largest absolute Gasteiger partial charge is 0.480 e. The van der Waals surface area contributed by atoms with Crippen LogP contribution >= 0.6 is 0 Å². The van der Waals surface area contributed by atoms with E-state index in [0.717, 1.165) is 17.7 Å². The Hall–Kier alpha value is -1.69. The maximum Gasteiger partial charge on any atom is 0.323 e. The molecule has 0 unspecified atom stereocenters. The highest BCUT2D eigenvalue weighted by atomic mass is 16.5. The third-order valence-electron chi connectivity index (χ3n) is 2.65. The number of hydrogen-bond acceptors (Lipinski definition) is 5. The minimum atomic E-state index is -0.880. The molecule has 0 atom stereocenters. The molecular weight excluding hydrogens is 222 g/mol. The second-order valence-electron chi connectivity index (χ2n) is 4.07. The topological polar surface area (TPSA) is 75.6 Å². The number of carboxylic acid groups (broad SMARTS) is 1. The first-order chi connectivity index (χ1) is 8.08. The van der Waals surface area contributed by atoms with Gasteiger partial charge in [-0.05, 0) is 6.92 Å². The molecule has 0 aliphatic carbocycles.